The standard InChI is InChI=1S/2C11H5F6N2.C4H8O.Fe/c2*12-10(13,14)6-5-8(11(15,16)17)19-9(6)7-3-1-2-4-18-7;1-2-4-5-3-1;/h2*1-5H;1-4H2;/q2*-1;;+2. The summed E-state index contributed by atoms with van der Waals surface area (Å²) >= 11 is 0. The molecule has 0 amide bonds. The van der Waals surface area contributed by atoms with Crippen LogP contribution in [-0.4, -0.2) is 23.2 Å². The van der Waals surface area contributed by atoms with Crippen molar-refractivity contribution in [1.82, 2.24) is 19.9 Å². The molecule has 0 unspecified atom stereocenters. The van der Waals surface area contributed by atoms with Crippen LogP contribution in [-0.2, 0) is 46.5 Å². The first-order valence-electron chi connectivity index (χ1n) is 11.9. The minimum absolute atomic E-state index is 0. The summed E-state index contributed by atoms with van der Waals surface area (Å²) in [4.78, 5) is 13.2. The number of hydrogen-bond acceptors (Lipinski definition) is 3. The summed E-state index contributed by atoms with van der Waals surface area (Å²) in [6, 6.07) is 7.91. The van der Waals surface area contributed by atoms with Crippen LogP contribution in [0.25, 0.3) is 22.8 Å². The Bertz CT molecular complexity index is 1330. The van der Waals surface area contributed by atoms with Gasteiger partial charge in [-0.3, -0.25) is 9.97 Å². The van der Waals surface area contributed by atoms with Gasteiger partial charge in [0.25, 0.3) is 0 Å². The fraction of sp³-hybridized carbons (Fsp3) is 0.308. The van der Waals surface area contributed by atoms with Crippen LogP contribution in [0.1, 0.15) is 35.4 Å². The van der Waals surface area contributed by atoms with E-state index in [2.05, 4.69) is 19.9 Å². The van der Waals surface area contributed by atoms with Gasteiger partial charge in [-0.05, 0) is 37.1 Å². The summed E-state index contributed by atoms with van der Waals surface area (Å²) in [5.41, 5.74) is -8.21. The number of alkyl halides is 12. The van der Waals surface area contributed by atoms with Crippen LogP contribution in [0.3, 0.4) is 0 Å². The van der Waals surface area contributed by atoms with Crippen LogP contribution < -0.4 is 9.97 Å². The Morgan fingerprint density at radius 3 is 1.14 bits per heavy atom. The second-order valence-electron chi connectivity index (χ2n) is 8.55. The quantitative estimate of drug-likeness (QED) is 0.157. The maximum Gasteiger partial charge on any atom is 2.00 e. The second-order valence-corrected chi connectivity index (χ2v) is 8.55. The van der Waals surface area contributed by atoms with Crippen LogP contribution in [0.2, 0.25) is 0 Å². The van der Waals surface area contributed by atoms with E-state index < -0.39 is 58.6 Å². The average molecular weight is 686 g/mol. The van der Waals surface area contributed by atoms with Crippen molar-refractivity contribution in [3.05, 3.63) is 83.4 Å². The van der Waals surface area contributed by atoms with Crippen molar-refractivity contribution in [2.45, 2.75) is 37.5 Å². The first-order chi connectivity index (χ1) is 19.9. The first kappa shape index (κ1) is 36.7. The van der Waals surface area contributed by atoms with E-state index in [-0.39, 0.29) is 40.6 Å². The van der Waals surface area contributed by atoms with Gasteiger partial charge in [0.05, 0.1) is 0 Å². The summed E-state index contributed by atoms with van der Waals surface area (Å²) in [6.45, 7) is 2.00. The van der Waals surface area contributed by atoms with E-state index in [0.717, 1.165) is 25.3 Å². The topological polar surface area (TPSA) is 63.2 Å². The van der Waals surface area contributed by atoms with E-state index in [0.29, 0.717) is 0 Å². The van der Waals surface area contributed by atoms with Crippen LogP contribution in [0, 0.1) is 0 Å². The minimum Gasteiger partial charge on any atom is -0.652 e. The van der Waals surface area contributed by atoms with Crippen molar-refractivity contribution in [2.24, 2.45) is 0 Å². The normalized spacial score (nSPS) is 13.7. The fourth-order valence-electron chi connectivity index (χ4n) is 3.47. The van der Waals surface area contributed by atoms with Gasteiger partial charge >= 0.3 is 41.8 Å². The molecule has 4 aromatic rings. The third-order valence-corrected chi connectivity index (χ3v) is 5.37. The fourth-order valence-corrected chi connectivity index (χ4v) is 3.47. The third-order valence-electron chi connectivity index (χ3n) is 5.37. The molecule has 0 radical (unpaired) electrons. The molecular formula is C26H18F12FeN4O. The molecule has 240 valence electrons. The number of pyridine rings is 2. The van der Waals surface area contributed by atoms with Gasteiger partial charge in [-0.15, -0.1) is 0 Å². The van der Waals surface area contributed by atoms with Gasteiger partial charge in [0.15, 0.2) is 0 Å². The molecule has 0 N–H and O–H groups in total. The maximum atomic E-state index is 12.7. The van der Waals surface area contributed by atoms with E-state index in [4.69, 9.17) is 4.74 Å². The van der Waals surface area contributed by atoms with Crippen LogP contribution in [0.4, 0.5) is 52.7 Å². The monoisotopic (exact) mass is 686 g/mol. The van der Waals surface area contributed by atoms with Crippen LogP contribution in [0.15, 0.2) is 60.9 Å². The van der Waals surface area contributed by atoms with Crippen LogP contribution >= 0.6 is 0 Å². The second kappa shape index (κ2) is 14.5. The molecule has 5 nitrogen and oxygen atoms in total. The predicted octanol–water partition coefficient (Wildman–Crippen LogP) is 8.28. The number of ether oxygens (including phenoxy) is 1. The van der Waals surface area contributed by atoms with E-state index in [1.165, 1.54) is 49.5 Å². The maximum absolute atomic E-state index is 12.7. The Kier molecular flexibility index (Phi) is 12.1. The molecule has 0 saturated carbocycles. The van der Waals surface area contributed by atoms with Gasteiger partial charge in [-0.1, -0.05) is 47.0 Å². The van der Waals surface area contributed by atoms with Gasteiger partial charge in [0, 0.05) is 48.1 Å². The van der Waals surface area contributed by atoms with E-state index in [1.807, 2.05) is 0 Å². The largest absolute Gasteiger partial charge is 2.00 e. The molecule has 0 atom stereocenters. The van der Waals surface area contributed by atoms with Gasteiger partial charge in [-0.25, -0.2) is 0 Å². The average Bonchev–Trinajstić information content (AvgIpc) is 3.70. The number of nitrogens with zero attached hydrogens (tertiary/aromatic N) is 4. The molecule has 4 aromatic heterocycles. The first-order valence-corrected chi connectivity index (χ1v) is 11.9. The Hall–Kier alpha value is -3.50. The summed E-state index contributed by atoms with van der Waals surface area (Å²) in [7, 11) is 0. The molecular weight excluding hydrogens is 668 g/mol. The van der Waals surface area contributed by atoms with Crippen molar-refractivity contribution in [3.8, 4) is 22.8 Å². The molecule has 0 aromatic carbocycles. The molecule has 1 saturated heterocycles. The molecule has 1 aliphatic heterocycles. The molecule has 0 spiro atoms. The minimum atomic E-state index is -4.94. The molecule has 18 heteroatoms. The summed E-state index contributed by atoms with van der Waals surface area (Å²) in [5.74, 6) is 0. The molecule has 1 fully saturated rings. The van der Waals surface area contributed by atoms with Crippen molar-refractivity contribution in [1.29, 1.82) is 0 Å². The van der Waals surface area contributed by atoms with E-state index >= 15 is 0 Å². The zero-order chi connectivity index (χ0) is 32.1. The molecule has 0 bridgehead atoms. The van der Waals surface area contributed by atoms with Gasteiger partial charge in [0.2, 0.25) is 0 Å². The number of halogens is 12. The van der Waals surface area contributed by atoms with Crippen molar-refractivity contribution in [3.63, 3.8) is 0 Å². The Morgan fingerprint density at radius 2 is 0.909 bits per heavy atom. The van der Waals surface area contributed by atoms with Crippen molar-refractivity contribution >= 4 is 0 Å². The molecule has 44 heavy (non-hydrogen) atoms. The summed E-state index contributed by atoms with van der Waals surface area (Å²) < 4.78 is 156. The Balaban J connectivity index is 0.000000259. The van der Waals surface area contributed by atoms with E-state index in [9.17, 15) is 52.7 Å². The third kappa shape index (κ3) is 10.0. The van der Waals surface area contributed by atoms with Gasteiger partial charge in [0.1, 0.15) is 0 Å². The number of hydrogen-bond donors (Lipinski definition) is 0. The molecule has 5 rings (SSSR count). The zero-order valence-electron chi connectivity index (χ0n) is 21.7. The number of aromatic nitrogens is 4. The summed E-state index contributed by atoms with van der Waals surface area (Å²) in [6.07, 6.45) is -14.8. The molecule has 1 aliphatic rings. The van der Waals surface area contributed by atoms with Crippen molar-refractivity contribution in [2.75, 3.05) is 13.2 Å². The van der Waals surface area contributed by atoms with Crippen molar-refractivity contribution < 1.29 is 74.5 Å². The Labute approximate surface area is 251 Å². The van der Waals surface area contributed by atoms with Crippen LogP contribution in [0.5, 0.6) is 0 Å². The molecule has 5 heterocycles. The SMILES string of the molecule is C1CCOC1.FC(F)(F)c1cc(C(F)(F)F)c(-c2ccccn2)[n-]1.FC(F)(F)c1cc(C(F)(F)F)c(-c2ccccn2)[n-]1.[Fe+2]. The zero-order valence-corrected chi connectivity index (χ0v) is 22.8. The molecule has 0 aliphatic carbocycles. The predicted molar refractivity (Wildman–Crippen MR) is 126 cm³/mol. The van der Waals surface area contributed by atoms with Gasteiger partial charge in [-0.2, -0.15) is 52.7 Å². The van der Waals surface area contributed by atoms with E-state index in [1.54, 1.807) is 0 Å². The smallest absolute Gasteiger partial charge is 0.652 e. The number of rotatable bonds is 2. The summed E-state index contributed by atoms with van der Waals surface area (Å²) in [5, 5.41) is 0. The Morgan fingerprint density at radius 1 is 0.545 bits per heavy atom. The van der Waals surface area contributed by atoms with Gasteiger partial charge < -0.3 is 14.7 Å².